The predicted octanol–water partition coefficient (Wildman–Crippen LogP) is 3.47. The van der Waals surface area contributed by atoms with Crippen LogP contribution >= 0.6 is 0 Å². The van der Waals surface area contributed by atoms with E-state index in [-0.39, 0.29) is 19.4 Å². The summed E-state index contributed by atoms with van der Waals surface area (Å²) in [6.07, 6.45) is -4.98. The van der Waals surface area contributed by atoms with Gasteiger partial charge in [0, 0.05) is 12.5 Å². The molecule has 0 heterocycles. The van der Waals surface area contributed by atoms with Gasteiger partial charge in [0.1, 0.15) is 0 Å². The molecule has 0 bridgehead atoms. The Kier molecular flexibility index (Phi) is 6.12. The molecule has 0 rings (SSSR count). The van der Waals surface area contributed by atoms with Crippen molar-refractivity contribution in [2.24, 2.45) is 0 Å². The first kappa shape index (κ1) is 15.9. The summed E-state index contributed by atoms with van der Waals surface area (Å²) in [5.74, 6) is -5.32. The standard InChI is InChI=1S/C10H13F5O2/c1-2-17-8(16)6-4-3-5-7-9(11,12)10(13,14)15/h4,6H,2-3,5,7H2,1H3. The van der Waals surface area contributed by atoms with Gasteiger partial charge in [0.25, 0.3) is 0 Å². The summed E-state index contributed by atoms with van der Waals surface area (Å²) in [6.45, 7) is 1.77. The number of rotatable bonds is 6. The lowest BCUT2D eigenvalue weighted by Gasteiger charge is -2.18. The third-order valence-corrected chi connectivity index (χ3v) is 1.82. The monoisotopic (exact) mass is 260 g/mol. The van der Waals surface area contributed by atoms with Gasteiger partial charge >= 0.3 is 18.1 Å². The minimum Gasteiger partial charge on any atom is -0.463 e. The highest BCUT2D eigenvalue weighted by molar-refractivity contribution is 5.81. The molecule has 100 valence electrons. The number of allylic oxidation sites excluding steroid dienone is 1. The SMILES string of the molecule is CCOC(=O)C=CCCCC(F)(F)C(F)(F)F. The van der Waals surface area contributed by atoms with E-state index in [9.17, 15) is 26.7 Å². The second-order valence-electron chi connectivity index (χ2n) is 3.25. The molecule has 2 nitrogen and oxygen atoms in total. The normalized spacial score (nSPS) is 13.1. The van der Waals surface area contributed by atoms with Crippen molar-refractivity contribution in [3.8, 4) is 0 Å². The summed E-state index contributed by atoms with van der Waals surface area (Å²) >= 11 is 0. The van der Waals surface area contributed by atoms with Crippen LogP contribution < -0.4 is 0 Å². The number of alkyl halides is 5. The van der Waals surface area contributed by atoms with Crippen LogP contribution in [-0.2, 0) is 9.53 Å². The molecule has 0 radical (unpaired) electrons. The third-order valence-electron chi connectivity index (χ3n) is 1.82. The number of carbonyl (C=O) groups is 1. The molecule has 0 aliphatic heterocycles. The summed E-state index contributed by atoms with van der Waals surface area (Å²) < 4.78 is 64.5. The van der Waals surface area contributed by atoms with Gasteiger partial charge in [-0.25, -0.2) is 4.79 Å². The Hall–Kier alpha value is -1.14. The molecule has 0 atom stereocenters. The van der Waals surface area contributed by atoms with E-state index in [0.29, 0.717) is 0 Å². The summed E-state index contributed by atoms with van der Waals surface area (Å²) in [6, 6.07) is 0. The van der Waals surface area contributed by atoms with E-state index in [1.807, 2.05) is 0 Å². The van der Waals surface area contributed by atoms with Crippen LogP contribution in [0.5, 0.6) is 0 Å². The topological polar surface area (TPSA) is 26.3 Å². The number of carbonyl (C=O) groups excluding carboxylic acids is 1. The molecule has 0 spiro atoms. The van der Waals surface area contributed by atoms with Crippen molar-refractivity contribution in [2.45, 2.75) is 38.3 Å². The smallest absolute Gasteiger partial charge is 0.453 e. The van der Waals surface area contributed by atoms with Crippen LogP contribution in [0.15, 0.2) is 12.2 Å². The number of esters is 1. The van der Waals surface area contributed by atoms with Crippen LogP contribution in [0.2, 0.25) is 0 Å². The molecule has 0 amide bonds. The van der Waals surface area contributed by atoms with Crippen molar-refractivity contribution in [1.29, 1.82) is 0 Å². The highest BCUT2D eigenvalue weighted by atomic mass is 19.4. The summed E-state index contributed by atoms with van der Waals surface area (Å²) in [7, 11) is 0. The van der Waals surface area contributed by atoms with Crippen molar-refractivity contribution in [2.75, 3.05) is 6.61 Å². The van der Waals surface area contributed by atoms with Crippen molar-refractivity contribution >= 4 is 5.97 Å². The Bertz CT molecular complexity index is 270. The van der Waals surface area contributed by atoms with Crippen molar-refractivity contribution in [3.05, 3.63) is 12.2 Å². The molecule has 0 aliphatic rings. The van der Waals surface area contributed by atoms with Crippen molar-refractivity contribution in [3.63, 3.8) is 0 Å². The fourth-order valence-corrected chi connectivity index (χ4v) is 0.954. The Morgan fingerprint density at radius 3 is 2.29 bits per heavy atom. The molecular formula is C10H13F5O2. The van der Waals surface area contributed by atoms with Crippen molar-refractivity contribution < 1.29 is 31.5 Å². The lowest BCUT2D eigenvalue weighted by molar-refractivity contribution is -0.284. The van der Waals surface area contributed by atoms with E-state index in [1.54, 1.807) is 6.92 Å². The molecule has 7 heteroatoms. The summed E-state index contributed by atoms with van der Waals surface area (Å²) in [5, 5.41) is 0. The zero-order valence-corrected chi connectivity index (χ0v) is 9.19. The summed E-state index contributed by atoms with van der Waals surface area (Å²) in [5.41, 5.74) is 0. The molecule has 0 aliphatic carbocycles. The Morgan fingerprint density at radius 2 is 1.82 bits per heavy atom. The van der Waals surface area contributed by atoms with Gasteiger partial charge in [-0.2, -0.15) is 22.0 Å². The number of hydrogen-bond donors (Lipinski definition) is 0. The molecule has 0 aromatic heterocycles. The minimum atomic E-state index is -5.52. The van der Waals surface area contributed by atoms with E-state index in [2.05, 4.69) is 4.74 Å². The maximum absolute atomic E-state index is 12.4. The van der Waals surface area contributed by atoms with E-state index < -0.39 is 24.5 Å². The van der Waals surface area contributed by atoms with E-state index in [4.69, 9.17) is 0 Å². The first-order valence-corrected chi connectivity index (χ1v) is 4.98. The third kappa shape index (κ3) is 6.23. The van der Waals surface area contributed by atoms with Gasteiger partial charge in [-0.3, -0.25) is 0 Å². The Labute approximate surface area is 95.4 Å². The molecule has 0 unspecified atom stereocenters. The predicted molar refractivity (Wildman–Crippen MR) is 50.6 cm³/mol. The highest BCUT2D eigenvalue weighted by Crippen LogP contribution is 2.39. The van der Waals surface area contributed by atoms with Gasteiger partial charge in [0.15, 0.2) is 0 Å². The Morgan fingerprint density at radius 1 is 1.24 bits per heavy atom. The first-order chi connectivity index (χ1) is 7.70. The van der Waals surface area contributed by atoms with Gasteiger partial charge in [0.2, 0.25) is 0 Å². The first-order valence-electron chi connectivity index (χ1n) is 4.98. The van der Waals surface area contributed by atoms with Crippen LogP contribution in [0.1, 0.15) is 26.2 Å². The highest BCUT2D eigenvalue weighted by Gasteiger charge is 2.56. The average Bonchev–Trinajstić information content (AvgIpc) is 2.15. The Balaban J connectivity index is 3.90. The molecule has 0 aromatic rings. The van der Waals surface area contributed by atoms with Gasteiger partial charge in [0.05, 0.1) is 6.61 Å². The van der Waals surface area contributed by atoms with Gasteiger partial charge < -0.3 is 4.74 Å². The lowest BCUT2D eigenvalue weighted by atomic mass is 10.1. The quantitative estimate of drug-likeness (QED) is 0.316. The van der Waals surface area contributed by atoms with E-state index in [1.165, 1.54) is 6.08 Å². The van der Waals surface area contributed by atoms with Gasteiger partial charge in [-0.15, -0.1) is 0 Å². The van der Waals surface area contributed by atoms with Crippen LogP contribution in [0.3, 0.4) is 0 Å². The number of hydrogen-bond acceptors (Lipinski definition) is 2. The molecule has 0 fully saturated rings. The van der Waals surface area contributed by atoms with Crippen LogP contribution in [0.25, 0.3) is 0 Å². The van der Waals surface area contributed by atoms with Crippen LogP contribution in [0.4, 0.5) is 22.0 Å². The second-order valence-corrected chi connectivity index (χ2v) is 3.25. The molecule has 17 heavy (non-hydrogen) atoms. The summed E-state index contributed by atoms with van der Waals surface area (Å²) in [4.78, 5) is 10.7. The fraction of sp³-hybridized carbons (Fsp3) is 0.700. The van der Waals surface area contributed by atoms with Crippen molar-refractivity contribution in [1.82, 2.24) is 0 Å². The van der Waals surface area contributed by atoms with E-state index in [0.717, 1.165) is 6.08 Å². The number of halogens is 5. The molecular weight excluding hydrogens is 247 g/mol. The number of unbranched alkanes of at least 4 members (excludes halogenated alkanes) is 1. The molecule has 0 saturated carbocycles. The van der Waals surface area contributed by atoms with E-state index >= 15 is 0 Å². The zero-order valence-electron chi connectivity index (χ0n) is 9.19. The van der Waals surface area contributed by atoms with Crippen LogP contribution in [0, 0.1) is 0 Å². The largest absolute Gasteiger partial charge is 0.463 e. The second kappa shape index (κ2) is 6.56. The molecule has 0 saturated heterocycles. The maximum Gasteiger partial charge on any atom is 0.453 e. The maximum atomic E-state index is 12.4. The number of ether oxygens (including phenoxy) is 1. The minimum absolute atomic E-state index is 0.0372. The lowest BCUT2D eigenvalue weighted by Crippen LogP contribution is -2.36. The van der Waals surface area contributed by atoms with Gasteiger partial charge in [-0.1, -0.05) is 6.08 Å². The molecule has 0 N–H and O–H groups in total. The fourth-order valence-electron chi connectivity index (χ4n) is 0.954. The zero-order chi connectivity index (χ0) is 13.5. The molecule has 0 aromatic carbocycles. The van der Waals surface area contributed by atoms with Crippen LogP contribution in [-0.4, -0.2) is 24.7 Å². The average molecular weight is 260 g/mol. The van der Waals surface area contributed by atoms with Gasteiger partial charge in [-0.05, 0) is 19.8 Å².